The highest BCUT2D eigenvalue weighted by molar-refractivity contribution is 5.85. The summed E-state index contributed by atoms with van der Waals surface area (Å²) in [6.45, 7) is 7.93. The Balaban J connectivity index is -0.000000500. The Morgan fingerprint density at radius 2 is 1.46 bits per heavy atom. The van der Waals surface area contributed by atoms with Crippen LogP contribution in [0.3, 0.4) is 0 Å². The Labute approximate surface area is 93.3 Å². The normalized spacial score (nSPS) is 9.38. The van der Waals surface area contributed by atoms with Crippen molar-refractivity contribution in [2.75, 3.05) is 6.54 Å². The molecule has 0 aromatic carbocycles. The van der Waals surface area contributed by atoms with E-state index in [0.29, 0.717) is 6.54 Å². The van der Waals surface area contributed by atoms with Crippen molar-refractivity contribution >= 4 is 24.8 Å². The summed E-state index contributed by atoms with van der Waals surface area (Å²) in [5.74, 6) is 0. The highest BCUT2D eigenvalue weighted by atomic mass is 35.5. The quantitative estimate of drug-likeness (QED) is 0.682. The number of nitrogens with two attached hydrogens (primary N) is 2. The molecule has 13 heavy (non-hydrogen) atoms. The Kier molecular flexibility index (Phi) is 14.5. The van der Waals surface area contributed by atoms with Gasteiger partial charge in [-0.2, -0.15) is 0 Å². The third kappa shape index (κ3) is 8.31. The molecule has 0 aromatic heterocycles. The molecule has 0 aliphatic heterocycles. The van der Waals surface area contributed by atoms with E-state index in [0.717, 1.165) is 19.3 Å². The third-order valence-electron chi connectivity index (χ3n) is 1.74. The second-order valence-electron chi connectivity index (χ2n) is 2.89. The van der Waals surface area contributed by atoms with Gasteiger partial charge >= 0.3 is 0 Å². The van der Waals surface area contributed by atoms with Gasteiger partial charge in [-0.05, 0) is 25.8 Å². The monoisotopic (exact) mass is 226 g/mol. The fourth-order valence-corrected chi connectivity index (χ4v) is 1.15. The molecule has 0 atom stereocenters. The van der Waals surface area contributed by atoms with Crippen molar-refractivity contribution in [3.05, 3.63) is 25.3 Å². The summed E-state index contributed by atoms with van der Waals surface area (Å²) < 4.78 is 0. The lowest BCUT2D eigenvalue weighted by Gasteiger charge is -2.26. The van der Waals surface area contributed by atoms with Gasteiger partial charge in [-0.1, -0.05) is 12.2 Å². The molecule has 0 saturated heterocycles. The predicted octanol–water partition coefficient (Wildman–Crippen LogP) is 2.03. The zero-order valence-corrected chi connectivity index (χ0v) is 9.50. The minimum Gasteiger partial charge on any atom is -0.330 e. The van der Waals surface area contributed by atoms with E-state index >= 15 is 0 Å². The van der Waals surface area contributed by atoms with E-state index in [-0.39, 0.29) is 30.4 Å². The van der Waals surface area contributed by atoms with Crippen LogP contribution in [0.4, 0.5) is 0 Å². The molecule has 0 radical (unpaired) electrons. The van der Waals surface area contributed by atoms with E-state index in [1.165, 1.54) is 0 Å². The summed E-state index contributed by atoms with van der Waals surface area (Å²) in [6.07, 6.45) is 6.09. The topological polar surface area (TPSA) is 52.0 Å². The highest BCUT2D eigenvalue weighted by Crippen LogP contribution is 2.16. The molecule has 0 fully saturated rings. The maximum Gasteiger partial charge on any atom is 0.0235 e. The van der Waals surface area contributed by atoms with Crippen LogP contribution in [0.2, 0.25) is 0 Å². The second-order valence-corrected chi connectivity index (χ2v) is 2.89. The summed E-state index contributed by atoms with van der Waals surface area (Å²) in [4.78, 5) is 0. The fraction of sp³-hybridized carbons (Fsp3) is 0.556. The van der Waals surface area contributed by atoms with Gasteiger partial charge in [0.15, 0.2) is 0 Å². The van der Waals surface area contributed by atoms with Gasteiger partial charge in [0, 0.05) is 5.54 Å². The Bertz CT molecular complexity index is 128. The first-order valence-corrected chi connectivity index (χ1v) is 3.89. The lowest BCUT2D eigenvalue weighted by atomic mass is 9.89. The summed E-state index contributed by atoms with van der Waals surface area (Å²) in [7, 11) is 0. The van der Waals surface area contributed by atoms with Crippen molar-refractivity contribution in [1.29, 1.82) is 0 Å². The van der Waals surface area contributed by atoms with Crippen LogP contribution in [0.1, 0.15) is 19.3 Å². The first kappa shape index (κ1) is 18.7. The molecule has 0 saturated carbocycles. The van der Waals surface area contributed by atoms with Gasteiger partial charge in [-0.3, -0.25) is 0 Å². The summed E-state index contributed by atoms with van der Waals surface area (Å²) in [5.41, 5.74) is 11.2. The Morgan fingerprint density at radius 3 is 1.69 bits per heavy atom. The van der Waals surface area contributed by atoms with Crippen LogP contribution in [0.25, 0.3) is 0 Å². The van der Waals surface area contributed by atoms with Gasteiger partial charge in [0.25, 0.3) is 0 Å². The molecule has 0 heterocycles. The smallest absolute Gasteiger partial charge is 0.0235 e. The maximum absolute atomic E-state index is 6.01. The van der Waals surface area contributed by atoms with Crippen LogP contribution < -0.4 is 11.5 Å². The molecular weight excluding hydrogens is 207 g/mol. The molecule has 0 amide bonds. The molecule has 0 spiro atoms. The van der Waals surface area contributed by atoms with Gasteiger partial charge in [0.1, 0.15) is 0 Å². The molecule has 0 unspecified atom stereocenters. The van der Waals surface area contributed by atoms with Gasteiger partial charge in [-0.15, -0.1) is 38.0 Å². The number of hydrogen-bond donors (Lipinski definition) is 2. The lowest BCUT2D eigenvalue weighted by molar-refractivity contribution is 0.408. The SMILES string of the molecule is C=CCC(N)(CC=C)CCN.Cl.Cl. The van der Waals surface area contributed by atoms with Crippen molar-refractivity contribution in [1.82, 2.24) is 0 Å². The van der Waals surface area contributed by atoms with Crippen LogP contribution in [-0.4, -0.2) is 12.1 Å². The Morgan fingerprint density at radius 1 is 1.08 bits per heavy atom. The van der Waals surface area contributed by atoms with E-state index < -0.39 is 0 Å². The van der Waals surface area contributed by atoms with Gasteiger partial charge < -0.3 is 11.5 Å². The molecule has 0 rings (SSSR count). The first-order chi connectivity index (χ1) is 5.18. The largest absolute Gasteiger partial charge is 0.330 e. The molecule has 0 aliphatic rings. The third-order valence-corrected chi connectivity index (χ3v) is 1.74. The number of halogens is 2. The lowest BCUT2D eigenvalue weighted by Crippen LogP contribution is -2.40. The van der Waals surface area contributed by atoms with E-state index in [4.69, 9.17) is 11.5 Å². The van der Waals surface area contributed by atoms with Crippen LogP contribution in [0.15, 0.2) is 25.3 Å². The van der Waals surface area contributed by atoms with Crippen molar-refractivity contribution in [2.24, 2.45) is 11.5 Å². The molecule has 80 valence electrons. The van der Waals surface area contributed by atoms with E-state index in [1.807, 2.05) is 12.2 Å². The van der Waals surface area contributed by atoms with Crippen LogP contribution in [0, 0.1) is 0 Å². The molecule has 0 aliphatic carbocycles. The van der Waals surface area contributed by atoms with Crippen LogP contribution in [0.5, 0.6) is 0 Å². The van der Waals surface area contributed by atoms with Crippen LogP contribution in [-0.2, 0) is 0 Å². The van der Waals surface area contributed by atoms with Crippen LogP contribution >= 0.6 is 24.8 Å². The van der Waals surface area contributed by atoms with Gasteiger partial charge in [-0.25, -0.2) is 0 Å². The summed E-state index contributed by atoms with van der Waals surface area (Å²) in [5, 5.41) is 0. The molecule has 4 N–H and O–H groups in total. The average molecular weight is 227 g/mol. The molecule has 2 nitrogen and oxygen atoms in total. The first-order valence-electron chi connectivity index (χ1n) is 3.89. The fourth-order valence-electron chi connectivity index (χ4n) is 1.15. The van der Waals surface area contributed by atoms with E-state index in [9.17, 15) is 0 Å². The predicted molar refractivity (Wildman–Crippen MR) is 64.7 cm³/mol. The number of rotatable bonds is 6. The van der Waals surface area contributed by atoms with Gasteiger partial charge in [0.2, 0.25) is 0 Å². The Hall–Kier alpha value is -0.0200. The molecule has 0 bridgehead atoms. The summed E-state index contributed by atoms with van der Waals surface area (Å²) in [6, 6.07) is 0. The minimum atomic E-state index is -0.210. The van der Waals surface area contributed by atoms with E-state index in [1.54, 1.807) is 0 Å². The minimum absolute atomic E-state index is 0. The highest BCUT2D eigenvalue weighted by Gasteiger charge is 2.19. The van der Waals surface area contributed by atoms with Crippen molar-refractivity contribution in [2.45, 2.75) is 24.8 Å². The van der Waals surface area contributed by atoms with Gasteiger partial charge in [0.05, 0.1) is 0 Å². The maximum atomic E-state index is 6.01. The standard InChI is InChI=1S/C9H18N2.2ClH/c1-3-5-9(11,6-4-2)7-8-10;;/h3-4H,1-2,5-8,10-11H2;2*1H. The molecule has 0 aromatic rings. The summed E-state index contributed by atoms with van der Waals surface area (Å²) >= 11 is 0. The molecular formula is C9H20Cl2N2. The zero-order valence-electron chi connectivity index (χ0n) is 7.87. The second kappa shape index (κ2) is 10.1. The van der Waals surface area contributed by atoms with Crippen molar-refractivity contribution in [3.63, 3.8) is 0 Å². The number of hydrogen-bond acceptors (Lipinski definition) is 2. The molecule has 4 heteroatoms. The van der Waals surface area contributed by atoms with E-state index in [2.05, 4.69) is 13.2 Å². The van der Waals surface area contributed by atoms with Crippen molar-refractivity contribution < 1.29 is 0 Å². The van der Waals surface area contributed by atoms with Crippen molar-refractivity contribution in [3.8, 4) is 0 Å². The zero-order chi connectivity index (χ0) is 8.74. The average Bonchev–Trinajstić information content (AvgIpc) is 1.88.